The average Bonchev–Trinajstić information content (AvgIpc) is 2.38. The average molecular weight is 298 g/mol. The zero-order valence-corrected chi connectivity index (χ0v) is 11.8. The normalized spacial score (nSPS) is 17.2. The number of benzene rings is 1. The van der Waals surface area contributed by atoms with E-state index in [0.717, 1.165) is 37.5 Å². The molecule has 0 heterocycles. The molecular weight excluding hydrogens is 283 g/mol. The lowest BCUT2D eigenvalue weighted by atomic mass is 9.80. The van der Waals surface area contributed by atoms with E-state index in [1.54, 1.807) is 13.2 Å². The number of halogens is 1. The van der Waals surface area contributed by atoms with Crippen LogP contribution >= 0.6 is 0 Å². The summed E-state index contributed by atoms with van der Waals surface area (Å²) in [5, 5.41) is 8.73. The monoisotopic (exact) mass is 298 g/mol. The van der Waals surface area contributed by atoms with Gasteiger partial charge < -0.3 is 4.74 Å². The molecule has 0 saturated heterocycles. The molecule has 0 amide bonds. The molecule has 0 aromatic heterocycles. The third-order valence-electron chi connectivity index (χ3n) is 3.65. The summed E-state index contributed by atoms with van der Waals surface area (Å²) < 4.78 is 45.2. The van der Waals surface area contributed by atoms with Crippen molar-refractivity contribution in [1.29, 1.82) is 5.26 Å². The minimum atomic E-state index is -3.78. The van der Waals surface area contributed by atoms with Crippen LogP contribution < -0.4 is 4.72 Å². The summed E-state index contributed by atoms with van der Waals surface area (Å²) in [6, 6.07) is 4.76. The fourth-order valence-corrected chi connectivity index (χ4v) is 3.23. The topological polar surface area (TPSA) is 79.2 Å². The number of hydrogen-bond acceptors (Lipinski definition) is 4. The fraction of sp³-hybridized carbons (Fsp3) is 0.462. The number of sulfonamides is 1. The number of rotatable bonds is 5. The molecule has 1 saturated carbocycles. The van der Waals surface area contributed by atoms with Gasteiger partial charge in [0.25, 0.3) is 0 Å². The highest BCUT2D eigenvalue weighted by atomic mass is 32.2. The number of nitrogens with zero attached hydrogens (tertiary/aromatic N) is 1. The van der Waals surface area contributed by atoms with Gasteiger partial charge in [0.15, 0.2) is 0 Å². The highest BCUT2D eigenvalue weighted by Gasteiger charge is 2.38. The van der Waals surface area contributed by atoms with Crippen molar-refractivity contribution in [3.63, 3.8) is 0 Å². The molecule has 1 aliphatic carbocycles. The van der Waals surface area contributed by atoms with Crippen molar-refractivity contribution < 1.29 is 17.5 Å². The molecule has 0 unspecified atom stereocenters. The van der Waals surface area contributed by atoms with E-state index in [0.29, 0.717) is 0 Å². The summed E-state index contributed by atoms with van der Waals surface area (Å²) in [7, 11) is -2.22. The highest BCUT2D eigenvalue weighted by molar-refractivity contribution is 7.89. The lowest BCUT2D eigenvalue weighted by Crippen LogP contribution is -2.49. The van der Waals surface area contributed by atoms with Gasteiger partial charge in [-0.1, -0.05) is 0 Å². The van der Waals surface area contributed by atoms with Crippen LogP contribution in [0.3, 0.4) is 0 Å². The third-order valence-corrected chi connectivity index (χ3v) is 5.05. The Balaban J connectivity index is 2.16. The second kappa shape index (κ2) is 5.48. The minimum absolute atomic E-state index is 0.124. The van der Waals surface area contributed by atoms with Crippen molar-refractivity contribution in [1.82, 2.24) is 4.72 Å². The van der Waals surface area contributed by atoms with Gasteiger partial charge in [-0.05, 0) is 37.5 Å². The maximum Gasteiger partial charge on any atom is 0.240 e. The van der Waals surface area contributed by atoms with Crippen LogP contribution in [0.4, 0.5) is 4.39 Å². The second-order valence-electron chi connectivity index (χ2n) is 4.82. The Morgan fingerprint density at radius 3 is 2.70 bits per heavy atom. The maximum atomic E-state index is 13.2. The van der Waals surface area contributed by atoms with Crippen molar-refractivity contribution in [2.45, 2.75) is 29.8 Å². The summed E-state index contributed by atoms with van der Waals surface area (Å²) in [5.41, 5.74) is -0.733. The Morgan fingerprint density at radius 1 is 1.50 bits per heavy atom. The van der Waals surface area contributed by atoms with Gasteiger partial charge in [0, 0.05) is 13.7 Å². The summed E-state index contributed by atoms with van der Waals surface area (Å²) in [4.78, 5) is -0.124. The van der Waals surface area contributed by atoms with Gasteiger partial charge in [-0.15, -0.1) is 0 Å². The molecule has 20 heavy (non-hydrogen) atoms. The Hall–Kier alpha value is -1.49. The predicted molar refractivity (Wildman–Crippen MR) is 69.9 cm³/mol. The van der Waals surface area contributed by atoms with Crippen LogP contribution in [0, 0.1) is 17.1 Å². The lowest BCUT2D eigenvalue weighted by molar-refractivity contribution is -0.0659. The summed E-state index contributed by atoms with van der Waals surface area (Å²) in [5.74, 6) is -0.737. The molecule has 0 radical (unpaired) electrons. The van der Waals surface area contributed by atoms with E-state index in [1.807, 2.05) is 0 Å². The predicted octanol–water partition coefficient (Wildman–Crippen LogP) is 1.54. The van der Waals surface area contributed by atoms with Crippen molar-refractivity contribution in [2.75, 3.05) is 13.7 Å². The highest BCUT2D eigenvalue weighted by Crippen LogP contribution is 2.34. The van der Waals surface area contributed by atoms with E-state index < -0.39 is 21.4 Å². The standard InChI is InChI=1S/C13H15FN2O3S/c1-19-13(5-2-6-13)9-16-20(17,18)11-3-4-12(14)10(7-11)8-15/h3-4,7,16H,2,5-6,9H2,1H3. The van der Waals surface area contributed by atoms with Crippen LogP contribution in [0.1, 0.15) is 24.8 Å². The van der Waals surface area contributed by atoms with Crippen molar-refractivity contribution in [3.8, 4) is 6.07 Å². The molecule has 2 rings (SSSR count). The van der Waals surface area contributed by atoms with Crippen LogP contribution in [-0.4, -0.2) is 27.7 Å². The smallest absolute Gasteiger partial charge is 0.240 e. The van der Waals surface area contributed by atoms with Gasteiger partial charge in [-0.25, -0.2) is 17.5 Å². The molecule has 1 N–H and O–H groups in total. The van der Waals surface area contributed by atoms with Gasteiger partial charge in [-0.3, -0.25) is 0 Å². The van der Waals surface area contributed by atoms with Crippen LogP contribution in [0.5, 0.6) is 0 Å². The van der Waals surface area contributed by atoms with Crippen LogP contribution in [0.2, 0.25) is 0 Å². The van der Waals surface area contributed by atoms with E-state index >= 15 is 0 Å². The number of methoxy groups -OCH3 is 1. The largest absolute Gasteiger partial charge is 0.377 e. The van der Waals surface area contributed by atoms with Crippen molar-refractivity contribution >= 4 is 10.0 Å². The number of nitrogens with one attached hydrogen (secondary N) is 1. The first-order chi connectivity index (χ1) is 9.42. The molecular formula is C13H15FN2O3S. The van der Waals surface area contributed by atoms with Gasteiger partial charge in [0.1, 0.15) is 11.9 Å². The van der Waals surface area contributed by atoms with Gasteiger partial charge >= 0.3 is 0 Å². The van der Waals surface area contributed by atoms with Crippen LogP contribution in [0.15, 0.2) is 23.1 Å². The van der Waals surface area contributed by atoms with E-state index in [-0.39, 0.29) is 17.0 Å². The summed E-state index contributed by atoms with van der Waals surface area (Å²) in [6.45, 7) is 0.172. The molecule has 0 bridgehead atoms. The molecule has 1 aliphatic rings. The first-order valence-electron chi connectivity index (χ1n) is 6.17. The quantitative estimate of drug-likeness (QED) is 0.894. The lowest BCUT2D eigenvalue weighted by Gasteiger charge is -2.40. The van der Waals surface area contributed by atoms with E-state index in [4.69, 9.17) is 10.00 Å². The summed E-state index contributed by atoms with van der Waals surface area (Å²) in [6.07, 6.45) is 2.61. The first-order valence-corrected chi connectivity index (χ1v) is 7.65. The SMILES string of the molecule is COC1(CNS(=O)(=O)c2ccc(F)c(C#N)c2)CCC1. The van der Waals surface area contributed by atoms with E-state index in [9.17, 15) is 12.8 Å². The first kappa shape index (κ1) is 14.9. The zero-order chi connectivity index (χ0) is 14.8. The van der Waals surface area contributed by atoms with Gasteiger partial charge in [0.2, 0.25) is 10.0 Å². The molecule has 7 heteroatoms. The van der Waals surface area contributed by atoms with Gasteiger partial charge in [0.05, 0.1) is 16.1 Å². The number of hydrogen-bond donors (Lipinski definition) is 1. The van der Waals surface area contributed by atoms with Crippen molar-refractivity contribution in [3.05, 3.63) is 29.6 Å². The molecule has 0 spiro atoms. The molecule has 1 fully saturated rings. The molecule has 108 valence electrons. The Kier molecular flexibility index (Phi) is 4.09. The van der Waals surface area contributed by atoms with Gasteiger partial charge in [-0.2, -0.15) is 5.26 Å². The minimum Gasteiger partial charge on any atom is -0.377 e. The maximum absolute atomic E-state index is 13.2. The van der Waals surface area contributed by atoms with Crippen molar-refractivity contribution in [2.24, 2.45) is 0 Å². The Morgan fingerprint density at radius 2 is 2.20 bits per heavy atom. The summed E-state index contributed by atoms with van der Waals surface area (Å²) >= 11 is 0. The second-order valence-corrected chi connectivity index (χ2v) is 6.59. The molecule has 0 atom stereocenters. The van der Waals surface area contributed by atoms with Crippen LogP contribution in [-0.2, 0) is 14.8 Å². The van der Waals surface area contributed by atoms with E-state index in [1.165, 1.54) is 0 Å². The number of ether oxygens (including phenoxy) is 1. The Labute approximate surface area is 117 Å². The third kappa shape index (κ3) is 2.82. The molecule has 0 aliphatic heterocycles. The fourth-order valence-electron chi connectivity index (χ4n) is 2.09. The number of nitriles is 1. The Bertz CT molecular complexity index is 643. The van der Waals surface area contributed by atoms with E-state index in [2.05, 4.69) is 4.72 Å². The molecule has 1 aromatic rings. The van der Waals surface area contributed by atoms with Crippen LogP contribution in [0.25, 0.3) is 0 Å². The molecule has 1 aromatic carbocycles. The molecule has 5 nitrogen and oxygen atoms in total. The zero-order valence-electron chi connectivity index (χ0n) is 11.0.